The van der Waals surface area contributed by atoms with E-state index < -0.39 is 0 Å². The summed E-state index contributed by atoms with van der Waals surface area (Å²) >= 11 is 0. The Bertz CT molecular complexity index is 531. The largest absolute Gasteiger partial charge is 0.497 e. The lowest BCUT2D eigenvalue weighted by molar-refractivity contribution is -0.121. The third-order valence-electron chi connectivity index (χ3n) is 5.83. The summed E-state index contributed by atoms with van der Waals surface area (Å²) in [5.41, 5.74) is 1.26. The first kappa shape index (κ1) is 18.2. The fourth-order valence-electron chi connectivity index (χ4n) is 4.27. The molecule has 2 fully saturated rings. The number of nitrogens with zero attached hydrogens (tertiary/aromatic N) is 1. The van der Waals surface area contributed by atoms with Gasteiger partial charge in [-0.3, -0.25) is 9.69 Å². The molecule has 1 aliphatic carbocycles. The van der Waals surface area contributed by atoms with Crippen LogP contribution in [0.3, 0.4) is 0 Å². The third kappa shape index (κ3) is 5.21. The van der Waals surface area contributed by atoms with Crippen molar-refractivity contribution in [1.82, 2.24) is 10.2 Å². The summed E-state index contributed by atoms with van der Waals surface area (Å²) in [7, 11) is 1.69. The molecule has 0 radical (unpaired) electrons. The number of hydrogen-bond acceptors (Lipinski definition) is 3. The monoisotopic (exact) mass is 344 g/mol. The summed E-state index contributed by atoms with van der Waals surface area (Å²) in [5, 5.41) is 3.20. The van der Waals surface area contributed by atoms with E-state index in [-0.39, 0.29) is 11.9 Å². The van der Waals surface area contributed by atoms with E-state index in [1.165, 1.54) is 44.1 Å². The Morgan fingerprint density at radius 3 is 2.48 bits per heavy atom. The molecule has 25 heavy (non-hydrogen) atoms. The summed E-state index contributed by atoms with van der Waals surface area (Å²) in [5.74, 6) is 1.87. The van der Waals surface area contributed by atoms with E-state index in [9.17, 15) is 4.79 Å². The standard InChI is InChI=1S/C21H32N2O2/c1-25-19-11-9-18(10-12-19)20(23-14-4-5-15-23)16-22-21(24)13-8-17-6-2-3-7-17/h9-12,17,20H,2-8,13-16H2,1H3,(H,22,24). The number of methoxy groups -OCH3 is 1. The topological polar surface area (TPSA) is 41.6 Å². The molecule has 1 saturated carbocycles. The molecule has 4 heteroatoms. The minimum Gasteiger partial charge on any atom is -0.497 e. The van der Waals surface area contributed by atoms with E-state index in [1.807, 2.05) is 12.1 Å². The average molecular weight is 344 g/mol. The Balaban J connectivity index is 1.54. The lowest BCUT2D eigenvalue weighted by Crippen LogP contribution is -2.36. The summed E-state index contributed by atoms with van der Waals surface area (Å²) in [6.45, 7) is 2.94. The first-order valence-electron chi connectivity index (χ1n) is 9.91. The molecule has 1 atom stereocenters. The fourth-order valence-corrected chi connectivity index (χ4v) is 4.27. The lowest BCUT2D eigenvalue weighted by Gasteiger charge is -2.28. The molecule has 1 aromatic carbocycles. The van der Waals surface area contributed by atoms with Crippen molar-refractivity contribution in [2.45, 2.75) is 57.4 Å². The zero-order valence-electron chi connectivity index (χ0n) is 15.5. The number of ether oxygens (including phenoxy) is 1. The second kappa shape index (κ2) is 9.23. The van der Waals surface area contributed by atoms with Gasteiger partial charge in [-0.05, 0) is 56.0 Å². The Morgan fingerprint density at radius 2 is 1.84 bits per heavy atom. The number of rotatable bonds is 8. The SMILES string of the molecule is COc1ccc(C(CNC(=O)CCC2CCCC2)N2CCCC2)cc1. The molecule has 1 amide bonds. The van der Waals surface area contributed by atoms with E-state index in [0.29, 0.717) is 13.0 Å². The molecular formula is C21H32N2O2. The Morgan fingerprint density at radius 1 is 1.16 bits per heavy atom. The Hall–Kier alpha value is -1.55. The Labute approximate surface area is 151 Å². The lowest BCUT2D eigenvalue weighted by atomic mass is 10.0. The first-order valence-corrected chi connectivity index (χ1v) is 9.91. The maximum absolute atomic E-state index is 12.3. The van der Waals surface area contributed by atoms with Gasteiger partial charge in [0.25, 0.3) is 0 Å². The Kier molecular flexibility index (Phi) is 6.74. The van der Waals surface area contributed by atoms with Crippen LogP contribution in [0.15, 0.2) is 24.3 Å². The number of carbonyl (C=O) groups is 1. The van der Waals surface area contributed by atoms with Gasteiger partial charge in [-0.15, -0.1) is 0 Å². The zero-order valence-corrected chi connectivity index (χ0v) is 15.5. The van der Waals surface area contributed by atoms with Crippen LogP contribution in [-0.4, -0.2) is 37.6 Å². The van der Waals surface area contributed by atoms with Crippen LogP contribution in [0.5, 0.6) is 5.75 Å². The van der Waals surface area contributed by atoms with Crippen molar-refractivity contribution in [1.29, 1.82) is 0 Å². The normalized spacial score (nSPS) is 19.9. The highest BCUT2D eigenvalue weighted by atomic mass is 16.5. The van der Waals surface area contributed by atoms with E-state index in [0.717, 1.165) is 31.2 Å². The molecule has 1 N–H and O–H groups in total. The zero-order chi connectivity index (χ0) is 17.5. The van der Waals surface area contributed by atoms with Crippen molar-refractivity contribution >= 4 is 5.91 Å². The molecule has 1 aromatic rings. The van der Waals surface area contributed by atoms with Gasteiger partial charge in [-0.2, -0.15) is 0 Å². The molecule has 1 heterocycles. The highest BCUT2D eigenvalue weighted by molar-refractivity contribution is 5.75. The quantitative estimate of drug-likeness (QED) is 0.777. The van der Waals surface area contributed by atoms with Crippen molar-refractivity contribution in [3.63, 3.8) is 0 Å². The number of hydrogen-bond donors (Lipinski definition) is 1. The molecule has 2 aliphatic rings. The van der Waals surface area contributed by atoms with E-state index in [1.54, 1.807) is 7.11 Å². The predicted octanol–water partition coefficient (Wildman–Crippen LogP) is 3.92. The van der Waals surface area contributed by atoms with Crippen LogP contribution >= 0.6 is 0 Å². The molecule has 138 valence electrons. The maximum Gasteiger partial charge on any atom is 0.220 e. The van der Waals surface area contributed by atoms with Gasteiger partial charge < -0.3 is 10.1 Å². The minimum absolute atomic E-state index is 0.213. The second-order valence-electron chi connectivity index (χ2n) is 7.53. The van der Waals surface area contributed by atoms with Gasteiger partial charge >= 0.3 is 0 Å². The van der Waals surface area contributed by atoms with Gasteiger partial charge in [-0.1, -0.05) is 37.8 Å². The molecule has 4 nitrogen and oxygen atoms in total. The second-order valence-corrected chi connectivity index (χ2v) is 7.53. The van der Waals surface area contributed by atoms with E-state index in [2.05, 4.69) is 22.3 Å². The van der Waals surface area contributed by atoms with Gasteiger partial charge in [0.15, 0.2) is 0 Å². The third-order valence-corrected chi connectivity index (χ3v) is 5.83. The molecule has 0 aromatic heterocycles. The highest BCUT2D eigenvalue weighted by Gasteiger charge is 2.24. The molecule has 3 rings (SSSR count). The van der Waals surface area contributed by atoms with Crippen LogP contribution < -0.4 is 10.1 Å². The molecular weight excluding hydrogens is 312 g/mol. The average Bonchev–Trinajstić information content (AvgIpc) is 3.35. The van der Waals surface area contributed by atoms with Crippen molar-refractivity contribution in [3.8, 4) is 5.75 Å². The van der Waals surface area contributed by atoms with Crippen LogP contribution in [0.25, 0.3) is 0 Å². The fraction of sp³-hybridized carbons (Fsp3) is 0.667. The molecule has 0 spiro atoms. The van der Waals surface area contributed by atoms with Crippen LogP contribution in [0, 0.1) is 5.92 Å². The number of amides is 1. The minimum atomic E-state index is 0.213. The van der Waals surface area contributed by atoms with Gasteiger partial charge in [0.2, 0.25) is 5.91 Å². The molecule has 1 unspecified atom stereocenters. The number of nitrogens with one attached hydrogen (secondary N) is 1. The van der Waals surface area contributed by atoms with Crippen LogP contribution in [-0.2, 0) is 4.79 Å². The van der Waals surface area contributed by atoms with Crippen molar-refractivity contribution in [3.05, 3.63) is 29.8 Å². The van der Waals surface area contributed by atoms with Crippen molar-refractivity contribution in [2.24, 2.45) is 5.92 Å². The summed E-state index contributed by atoms with van der Waals surface area (Å²) in [6.07, 6.45) is 9.57. The number of likely N-dealkylation sites (tertiary alicyclic amines) is 1. The smallest absolute Gasteiger partial charge is 0.220 e. The number of benzene rings is 1. The van der Waals surface area contributed by atoms with E-state index in [4.69, 9.17) is 4.74 Å². The van der Waals surface area contributed by atoms with Gasteiger partial charge in [0, 0.05) is 13.0 Å². The molecule has 1 aliphatic heterocycles. The summed E-state index contributed by atoms with van der Waals surface area (Å²) in [6, 6.07) is 8.56. The molecule has 1 saturated heterocycles. The maximum atomic E-state index is 12.3. The predicted molar refractivity (Wildman–Crippen MR) is 101 cm³/mol. The van der Waals surface area contributed by atoms with Gasteiger partial charge in [0.05, 0.1) is 13.2 Å². The van der Waals surface area contributed by atoms with E-state index >= 15 is 0 Å². The molecule has 0 bridgehead atoms. The van der Waals surface area contributed by atoms with Crippen LogP contribution in [0.4, 0.5) is 0 Å². The van der Waals surface area contributed by atoms with Crippen molar-refractivity contribution < 1.29 is 9.53 Å². The van der Waals surface area contributed by atoms with Crippen molar-refractivity contribution in [2.75, 3.05) is 26.7 Å². The van der Waals surface area contributed by atoms with Crippen LogP contribution in [0.2, 0.25) is 0 Å². The number of carbonyl (C=O) groups excluding carboxylic acids is 1. The first-order chi connectivity index (χ1) is 12.3. The summed E-state index contributed by atoms with van der Waals surface area (Å²) in [4.78, 5) is 14.8. The van der Waals surface area contributed by atoms with Gasteiger partial charge in [-0.25, -0.2) is 0 Å². The summed E-state index contributed by atoms with van der Waals surface area (Å²) < 4.78 is 5.27. The van der Waals surface area contributed by atoms with Crippen LogP contribution in [0.1, 0.15) is 63.0 Å². The highest BCUT2D eigenvalue weighted by Crippen LogP contribution is 2.29. The van der Waals surface area contributed by atoms with Gasteiger partial charge in [0.1, 0.15) is 5.75 Å².